The molecule has 1 heterocycles. The van der Waals surface area contributed by atoms with Crippen molar-refractivity contribution >= 4 is 29.9 Å². The summed E-state index contributed by atoms with van der Waals surface area (Å²) < 4.78 is 7.19. The highest BCUT2D eigenvalue weighted by molar-refractivity contribution is 14.0. The smallest absolute Gasteiger partial charge is 0.191 e. The van der Waals surface area contributed by atoms with Gasteiger partial charge in [-0.1, -0.05) is 57.9 Å². The van der Waals surface area contributed by atoms with Crippen LogP contribution in [0.4, 0.5) is 0 Å². The van der Waals surface area contributed by atoms with E-state index in [1.165, 1.54) is 36.8 Å². The number of aryl methyl sites for hydroxylation is 1. The third-order valence-corrected chi connectivity index (χ3v) is 6.68. The van der Waals surface area contributed by atoms with Crippen LogP contribution >= 0.6 is 24.0 Å². The number of rotatable bonds is 8. The van der Waals surface area contributed by atoms with E-state index in [2.05, 4.69) is 65.9 Å². The molecule has 7 nitrogen and oxygen atoms in total. The van der Waals surface area contributed by atoms with Gasteiger partial charge in [-0.2, -0.15) is 0 Å². The quantitative estimate of drug-likeness (QED) is 0.216. The molecule has 1 aromatic carbocycles. The zero-order chi connectivity index (χ0) is 23.2. The Labute approximate surface area is 216 Å². The minimum atomic E-state index is 0. The van der Waals surface area contributed by atoms with Gasteiger partial charge in [0.15, 0.2) is 11.8 Å². The SMILES string of the molecule is COCCNC(=NCc1nnc(C)n1C)NCC1(c2ccc(C(C)(C)C)cc2)CCCC1.I. The molecule has 0 aliphatic heterocycles. The van der Waals surface area contributed by atoms with E-state index in [4.69, 9.17) is 9.73 Å². The lowest BCUT2D eigenvalue weighted by molar-refractivity contribution is 0.203. The topological polar surface area (TPSA) is 76.4 Å². The molecule has 0 radical (unpaired) electrons. The summed E-state index contributed by atoms with van der Waals surface area (Å²) >= 11 is 0. The number of methoxy groups -OCH3 is 1. The minimum absolute atomic E-state index is 0. The van der Waals surface area contributed by atoms with Crippen LogP contribution in [0.1, 0.15) is 69.2 Å². The fraction of sp³-hybridized carbons (Fsp3) is 0.640. The Morgan fingerprint density at radius 1 is 1.12 bits per heavy atom. The number of hydrogen-bond donors (Lipinski definition) is 2. The number of aromatic nitrogens is 3. The van der Waals surface area contributed by atoms with Crippen molar-refractivity contribution in [3.8, 4) is 0 Å². The zero-order valence-electron chi connectivity index (χ0n) is 21.1. The van der Waals surface area contributed by atoms with Crippen LogP contribution in [-0.4, -0.2) is 47.5 Å². The first kappa shape index (κ1) is 27.6. The van der Waals surface area contributed by atoms with E-state index >= 15 is 0 Å². The molecule has 1 fully saturated rings. The number of ether oxygens (including phenoxy) is 1. The van der Waals surface area contributed by atoms with E-state index in [-0.39, 0.29) is 34.8 Å². The van der Waals surface area contributed by atoms with Crippen LogP contribution in [0.2, 0.25) is 0 Å². The van der Waals surface area contributed by atoms with Gasteiger partial charge in [0.1, 0.15) is 12.4 Å². The van der Waals surface area contributed by atoms with Gasteiger partial charge in [-0.25, -0.2) is 4.99 Å². The standard InChI is InChI=1S/C25H40N6O.HI/c1-19-29-30-22(31(19)5)17-27-23(26-15-16-32-6)28-18-25(13-7-8-14-25)21-11-9-20(10-12-21)24(2,3)4;/h9-12H,7-8,13-18H2,1-6H3,(H2,26,27,28);1H. The van der Waals surface area contributed by atoms with E-state index in [9.17, 15) is 0 Å². The molecule has 184 valence electrons. The van der Waals surface area contributed by atoms with Crippen LogP contribution in [0.15, 0.2) is 29.3 Å². The predicted molar refractivity (Wildman–Crippen MR) is 145 cm³/mol. The summed E-state index contributed by atoms with van der Waals surface area (Å²) in [6.07, 6.45) is 4.93. The molecule has 0 atom stereocenters. The molecule has 1 saturated carbocycles. The Bertz CT molecular complexity index is 895. The molecule has 0 amide bonds. The summed E-state index contributed by atoms with van der Waals surface area (Å²) in [5.74, 6) is 2.53. The molecular formula is C25H41IN6O. The lowest BCUT2D eigenvalue weighted by Crippen LogP contribution is -2.45. The molecule has 1 aromatic heterocycles. The van der Waals surface area contributed by atoms with Gasteiger partial charge in [0.05, 0.1) is 6.61 Å². The molecule has 1 aliphatic carbocycles. The maximum absolute atomic E-state index is 5.21. The average molecular weight is 569 g/mol. The zero-order valence-corrected chi connectivity index (χ0v) is 23.4. The van der Waals surface area contributed by atoms with E-state index in [1.807, 2.05) is 18.5 Å². The van der Waals surface area contributed by atoms with E-state index in [0.29, 0.717) is 19.7 Å². The van der Waals surface area contributed by atoms with Crippen molar-refractivity contribution in [3.63, 3.8) is 0 Å². The molecule has 2 N–H and O–H groups in total. The molecule has 1 aliphatic rings. The first-order valence-electron chi connectivity index (χ1n) is 11.7. The second-order valence-electron chi connectivity index (χ2n) is 9.98. The number of nitrogens with zero attached hydrogens (tertiary/aromatic N) is 4. The Morgan fingerprint density at radius 2 is 1.79 bits per heavy atom. The first-order chi connectivity index (χ1) is 15.2. The molecule has 3 rings (SSSR count). The number of guanidine groups is 1. The van der Waals surface area contributed by atoms with Gasteiger partial charge < -0.3 is 19.9 Å². The third-order valence-electron chi connectivity index (χ3n) is 6.68. The molecule has 8 heteroatoms. The van der Waals surface area contributed by atoms with Crippen molar-refractivity contribution in [2.45, 2.75) is 70.8 Å². The fourth-order valence-electron chi connectivity index (χ4n) is 4.38. The highest BCUT2D eigenvalue weighted by Gasteiger charge is 2.36. The van der Waals surface area contributed by atoms with E-state index in [1.54, 1.807) is 7.11 Å². The third kappa shape index (κ3) is 7.15. The van der Waals surface area contributed by atoms with Gasteiger partial charge in [0.25, 0.3) is 0 Å². The van der Waals surface area contributed by atoms with Crippen LogP contribution in [0, 0.1) is 6.92 Å². The van der Waals surface area contributed by atoms with E-state index < -0.39 is 0 Å². The van der Waals surface area contributed by atoms with Crippen LogP contribution in [0.5, 0.6) is 0 Å². The average Bonchev–Trinajstić information content (AvgIpc) is 3.37. The second-order valence-corrected chi connectivity index (χ2v) is 9.98. The maximum atomic E-state index is 5.21. The van der Waals surface area contributed by atoms with Crippen LogP contribution < -0.4 is 10.6 Å². The molecule has 0 bridgehead atoms. The number of halogens is 1. The summed E-state index contributed by atoms with van der Waals surface area (Å²) in [7, 11) is 3.68. The summed E-state index contributed by atoms with van der Waals surface area (Å²) in [5, 5.41) is 15.4. The largest absolute Gasteiger partial charge is 0.383 e. The first-order valence-corrected chi connectivity index (χ1v) is 11.7. The molecule has 0 spiro atoms. The lowest BCUT2D eigenvalue weighted by atomic mass is 9.77. The van der Waals surface area contributed by atoms with Crippen molar-refractivity contribution in [2.24, 2.45) is 12.0 Å². The summed E-state index contributed by atoms with van der Waals surface area (Å²) in [6.45, 7) is 11.4. The van der Waals surface area contributed by atoms with Crippen molar-refractivity contribution in [1.82, 2.24) is 25.4 Å². The van der Waals surface area contributed by atoms with Crippen LogP contribution in [0.3, 0.4) is 0 Å². The van der Waals surface area contributed by atoms with Gasteiger partial charge >= 0.3 is 0 Å². The van der Waals surface area contributed by atoms with E-state index in [0.717, 1.165) is 24.2 Å². The maximum Gasteiger partial charge on any atom is 0.191 e. The van der Waals surface area contributed by atoms with Gasteiger partial charge in [0.2, 0.25) is 0 Å². The highest BCUT2D eigenvalue weighted by Crippen LogP contribution is 2.41. The Morgan fingerprint density at radius 3 is 2.33 bits per heavy atom. The van der Waals surface area contributed by atoms with Gasteiger partial charge in [0, 0.05) is 32.7 Å². The lowest BCUT2D eigenvalue weighted by Gasteiger charge is -2.31. The number of nitrogens with one attached hydrogen (secondary N) is 2. The summed E-state index contributed by atoms with van der Waals surface area (Å²) in [4.78, 5) is 4.79. The van der Waals surface area contributed by atoms with Crippen LogP contribution in [0.25, 0.3) is 0 Å². The second kappa shape index (κ2) is 12.1. The van der Waals surface area contributed by atoms with Crippen molar-refractivity contribution in [3.05, 3.63) is 47.0 Å². The van der Waals surface area contributed by atoms with Gasteiger partial charge in [-0.3, -0.25) is 0 Å². The molecule has 2 aromatic rings. The van der Waals surface area contributed by atoms with Crippen molar-refractivity contribution < 1.29 is 4.74 Å². The van der Waals surface area contributed by atoms with Gasteiger partial charge in [-0.05, 0) is 36.3 Å². The highest BCUT2D eigenvalue weighted by atomic mass is 127. The monoisotopic (exact) mass is 568 g/mol. The molecular weight excluding hydrogens is 527 g/mol. The fourth-order valence-corrected chi connectivity index (χ4v) is 4.38. The Kier molecular flexibility index (Phi) is 10.1. The minimum Gasteiger partial charge on any atom is -0.383 e. The normalized spacial score (nSPS) is 15.9. The number of benzene rings is 1. The van der Waals surface area contributed by atoms with Crippen molar-refractivity contribution in [1.29, 1.82) is 0 Å². The number of hydrogen-bond acceptors (Lipinski definition) is 4. The molecule has 0 saturated heterocycles. The summed E-state index contributed by atoms with van der Waals surface area (Å²) in [6, 6.07) is 9.28. The Balaban J connectivity index is 0.00000385. The van der Waals surface area contributed by atoms with Gasteiger partial charge in [-0.15, -0.1) is 34.2 Å². The Hall–Kier alpha value is -1.68. The number of aliphatic imine (C=N–C) groups is 1. The summed E-state index contributed by atoms with van der Waals surface area (Å²) in [5.41, 5.74) is 3.12. The molecule has 0 unspecified atom stereocenters. The van der Waals surface area contributed by atoms with Crippen LogP contribution in [-0.2, 0) is 29.2 Å². The van der Waals surface area contributed by atoms with Crippen molar-refractivity contribution in [2.75, 3.05) is 26.8 Å². The predicted octanol–water partition coefficient (Wildman–Crippen LogP) is 4.23. The molecule has 33 heavy (non-hydrogen) atoms.